The predicted molar refractivity (Wildman–Crippen MR) is 121 cm³/mol. The number of nitrogens with one attached hydrogen (secondary N) is 2. The van der Waals surface area contributed by atoms with Crippen molar-refractivity contribution in [2.45, 2.75) is 32.6 Å². The average Bonchev–Trinajstić information content (AvgIpc) is 3.14. The Morgan fingerprint density at radius 2 is 2.04 bits per heavy atom. The number of carbonyl (C=O) groups is 1. The summed E-state index contributed by atoms with van der Waals surface area (Å²) in [7, 11) is 1.74. The Hall–Kier alpha value is -1.71. The summed E-state index contributed by atoms with van der Waals surface area (Å²) in [5.41, 5.74) is 1.18. The summed E-state index contributed by atoms with van der Waals surface area (Å²) in [6.45, 7) is 5.63. The first-order chi connectivity index (χ1) is 13.2. The number of fused-ring (bicyclic) bond motifs is 1. The van der Waals surface area contributed by atoms with Gasteiger partial charge < -0.3 is 25.0 Å². The first-order valence-electron chi connectivity index (χ1n) is 9.76. The zero-order valence-corrected chi connectivity index (χ0v) is 19.0. The first-order valence-corrected chi connectivity index (χ1v) is 9.76. The molecule has 8 heteroatoms. The molecule has 1 fully saturated rings. The summed E-state index contributed by atoms with van der Waals surface area (Å²) in [6, 6.07) is 6.00. The minimum atomic E-state index is 0. The van der Waals surface area contributed by atoms with E-state index >= 15 is 0 Å². The third-order valence-corrected chi connectivity index (χ3v) is 5.01. The van der Waals surface area contributed by atoms with Crippen LogP contribution in [0.5, 0.6) is 11.5 Å². The molecule has 1 amide bonds. The molecule has 1 aromatic carbocycles. The van der Waals surface area contributed by atoms with Gasteiger partial charge >= 0.3 is 0 Å². The van der Waals surface area contributed by atoms with E-state index in [4.69, 9.17) is 9.47 Å². The average molecular weight is 502 g/mol. The molecule has 0 saturated carbocycles. The van der Waals surface area contributed by atoms with Crippen LogP contribution in [0.15, 0.2) is 23.2 Å². The molecule has 156 valence electrons. The monoisotopic (exact) mass is 502 g/mol. The summed E-state index contributed by atoms with van der Waals surface area (Å²) in [5, 5.41) is 6.51. The van der Waals surface area contributed by atoms with E-state index in [1.807, 2.05) is 23.1 Å². The highest BCUT2D eigenvalue weighted by Gasteiger charge is 2.20. The Labute approximate surface area is 184 Å². The SMILES string of the molecule is CN=C(NCCC(=O)N1CCCC(C)C1)NCCc1ccc2c(c1)OCO2.I. The molecule has 7 nitrogen and oxygen atoms in total. The zero-order chi connectivity index (χ0) is 19.1. The van der Waals surface area contributed by atoms with E-state index in [9.17, 15) is 4.79 Å². The summed E-state index contributed by atoms with van der Waals surface area (Å²) < 4.78 is 10.7. The lowest BCUT2D eigenvalue weighted by Crippen LogP contribution is -2.42. The van der Waals surface area contributed by atoms with Crippen LogP contribution in [0.25, 0.3) is 0 Å². The molecular weight excluding hydrogens is 471 g/mol. The molecule has 1 saturated heterocycles. The number of piperidine rings is 1. The number of guanidine groups is 1. The van der Waals surface area contributed by atoms with Crippen molar-refractivity contribution in [2.24, 2.45) is 10.9 Å². The van der Waals surface area contributed by atoms with E-state index in [0.29, 0.717) is 25.7 Å². The Morgan fingerprint density at radius 1 is 1.25 bits per heavy atom. The molecule has 0 aromatic heterocycles. The van der Waals surface area contributed by atoms with Gasteiger partial charge in [-0.25, -0.2) is 0 Å². The van der Waals surface area contributed by atoms with E-state index in [-0.39, 0.29) is 29.9 Å². The molecule has 2 aliphatic rings. The maximum absolute atomic E-state index is 12.3. The Bertz CT molecular complexity index is 683. The number of likely N-dealkylation sites (tertiary alicyclic amines) is 1. The standard InChI is InChI=1S/C20H30N4O3.HI/c1-15-4-3-11-24(13-15)19(25)8-10-23-20(21-2)22-9-7-16-5-6-17-18(12-16)27-14-26-17;/h5-6,12,15H,3-4,7-11,13-14H2,1-2H3,(H2,21,22,23);1H. The van der Waals surface area contributed by atoms with E-state index < -0.39 is 0 Å². The molecule has 0 radical (unpaired) electrons. The van der Waals surface area contributed by atoms with E-state index in [1.165, 1.54) is 12.0 Å². The lowest BCUT2D eigenvalue weighted by atomic mass is 10.00. The highest BCUT2D eigenvalue weighted by Crippen LogP contribution is 2.32. The maximum atomic E-state index is 12.3. The van der Waals surface area contributed by atoms with Crippen LogP contribution in [0.4, 0.5) is 0 Å². The van der Waals surface area contributed by atoms with Gasteiger partial charge in [0.05, 0.1) is 0 Å². The molecule has 3 rings (SSSR count). The molecule has 0 aliphatic carbocycles. The largest absolute Gasteiger partial charge is 0.454 e. The third kappa shape index (κ3) is 6.42. The van der Waals surface area contributed by atoms with Gasteiger partial charge in [0.25, 0.3) is 0 Å². The van der Waals surface area contributed by atoms with E-state index in [1.54, 1.807) is 7.05 Å². The van der Waals surface area contributed by atoms with Crippen molar-refractivity contribution >= 4 is 35.8 Å². The van der Waals surface area contributed by atoms with Crippen LogP contribution in [0, 0.1) is 5.92 Å². The normalized spacial score (nSPS) is 18.4. The molecule has 2 N–H and O–H groups in total. The van der Waals surface area contributed by atoms with Crippen molar-refractivity contribution in [2.75, 3.05) is 40.0 Å². The molecule has 2 heterocycles. The lowest BCUT2D eigenvalue weighted by Gasteiger charge is -2.31. The molecular formula is C20H31IN4O3. The first kappa shape index (κ1) is 22.6. The quantitative estimate of drug-likeness (QED) is 0.355. The van der Waals surface area contributed by atoms with Gasteiger partial charge in [0, 0.05) is 39.6 Å². The predicted octanol–water partition coefficient (Wildman–Crippen LogP) is 2.39. The Balaban J connectivity index is 0.00000280. The van der Waals surface area contributed by atoms with Gasteiger partial charge in [-0.2, -0.15) is 0 Å². The maximum Gasteiger partial charge on any atom is 0.231 e. The fourth-order valence-corrected chi connectivity index (χ4v) is 3.50. The van der Waals surface area contributed by atoms with Gasteiger partial charge in [-0.3, -0.25) is 9.79 Å². The molecule has 1 unspecified atom stereocenters. The molecule has 1 atom stereocenters. The molecule has 0 bridgehead atoms. The summed E-state index contributed by atoms with van der Waals surface area (Å²) >= 11 is 0. The third-order valence-electron chi connectivity index (χ3n) is 5.01. The van der Waals surface area contributed by atoms with Gasteiger partial charge in [-0.15, -0.1) is 24.0 Å². The molecule has 28 heavy (non-hydrogen) atoms. The number of hydrogen-bond acceptors (Lipinski definition) is 4. The van der Waals surface area contributed by atoms with Crippen LogP contribution in [0.1, 0.15) is 31.7 Å². The molecule has 0 spiro atoms. The number of benzene rings is 1. The number of ether oxygens (including phenoxy) is 2. The van der Waals surface area contributed by atoms with Gasteiger partial charge in [-0.05, 0) is 42.9 Å². The highest BCUT2D eigenvalue weighted by molar-refractivity contribution is 14.0. The molecule has 1 aromatic rings. The second kappa shape index (κ2) is 11.3. The second-order valence-corrected chi connectivity index (χ2v) is 7.20. The number of rotatable bonds is 6. The van der Waals surface area contributed by atoms with Crippen molar-refractivity contribution in [3.8, 4) is 11.5 Å². The van der Waals surface area contributed by atoms with E-state index in [0.717, 1.165) is 49.9 Å². The Kier molecular flexibility index (Phi) is 9.14. The minimum absolute atomic E-state index is 0. The van der Waals surface area contributed by atoms with Crippen molar-refractivity contribution in [3.63, 3.8) is 0 Å². The number of nitrogens with zero attached hydrogens (tertiary/aromatic N) is 2. The van der Waals surface area contributed by atoms with Crippen molar-refractivity contribution in [1.29, 1.82) is 0 Å². The fraction of sp³-hybridized carbons (Fsp3) is 0.600. The fourth-order valence-electron chi connectivity index (χ4n) is 3.50. The zero-order valence-electron chi connectivity index (χ0n) is 16.7. The Morgan fingerprint density at radius 3 is 2.82 bits per heavy atom. The number of amides is 1. The van der Waals surface area contributed by atoms with Crippen molar-refractivity contribution < 1.29 is 14.3 Å². The topological polar surface area (TPSA) is 75.2 Å². The number of aliphatic imine (C=N–C) groups is 1. The summed E-state index contributed by atoms with van der Waals surface area (Å²) in [5.74, 6) is 3.17. The van der Waals surface area contributed by atoms with Gasteiger partial charge in [0.1, 0.15) is 0 Å². The van der Waals surface area contributed by atoms with Crippen LogP contribution >= 0.6 is 24.0 Å². The summed E-state index contributed by atoms with van der Waals surface area (Å²) in [6.07, 6.45) is 3.68. The molecule has 2 aliphatic heterocycles. The summed E-state index contributed by atoms with van der Waals surface area (Å²) in [4.78, 5) is 18.5. The van der Waals surface area contributed by atoms with Crippen molar-refractivity contribution in [3.05, 3.63) is 23.8 Å². The van der Waals surface area contributed by atoms with Gasteiger partial charge in [-0.1, -0.05) is 13.0 Å². The van der Waals surface area contributed by atoms with E-state index in [2.05, 4.69) is 22.5 Å². The van der Waals surface area contributed by atoms with Crippen LogP contribution in [0.3, 0.4) is 0 Å². The minimum Gasteiger partial charge on any atom is -0.454 e. The lowest BCUT2D eigenvalue weighted by molar-refractivity contribution is -0.132. The van der Waals surface area contributed by atoms with Crippen molar-refractivity contribution in [1.82, 2.24) is 15.5 Å². The van der Waals surface area contributed by atoms with Gasteiger partial charge in [0.2, 0.25) is 12.7 Å². The smallest absolute Gasteiger partial charge is 0.231 e. The van der Waals surface area contributed by atoms with Crippen LogP contribution < -0.4 is 20.1 Å². The van der Waals surface area contributed by atoms with Crippen LogP contribution in [-0.2, 0) is 11.2 Å². The van der Waals surface area contributed by atoms with Gasteiger partial charge in [0.15, 0.2) is 17.5 Å². The van der Waals surface area contributed by atoms with Crippen LogP contribution in [-0.4, -0.2) is 56.8 Å². The number of carbonyl (C=O) groups excluding carboxylic acids is 1. The highest BCUT2D eigenvalue weighted by atomic mass is 127. The second-order valence-electron chi connectivity index (χ2n) is 7.20. The van der Waals surface area contributed by atoms with Crippen LogP contribution in [0.2, 0.25) is 0 Å². The number of halogens is 1. The number of hydrogen-bond donors (Lipinski definition) is 2.